The van der Waals surface area contributed by atoms with Crippen LogP contribution in [-0.4, -0.2) is 43.4 Å². The van der Waals surface area contributed by atoms with E-state index in [1.54, 1.807) is 14.2 Å². The topological polar surface area (TPSA) is 41.9 Å². The van der Waals surface area contributed by atoms with Crippen LogP contribution >= 0.6 is 0 Å². The molecular weight excluding hydrogens is 254 g/mol. The van der Waals surface area contributed by atoms with Crippen molar-refractivity contribution in [2.45, 2.75) is 43.4 Å². The molecule has 0 amide bonds. The fourth-order valence-electron chi connectivity index (χ4n) is 3.96. The molecule has 0 spiro atoms. The van der Waals surface area contributed by atoms with Crippen molar-refractivity contribution in [3.8, 4) is 11.5 Å². The number of ether oxygens (including phenoxy) is 2. The van der Waals surface area contributed by atoms with E-state index in [1.165, 1.54) is 12.8 Å². The third kappa shape index (κ3) is 1.98. The Hall–Kier alpha value is -1.26. The van der Waals surface area contributed by atoms with Gasteiger partial charge in [0.25, 0.3) is 0 Å². The summed E-state index contributed by atoms with van der Waals surface area (Å²) < 4.78 is 10.9. The Labute approximate surface area is 120 Å². The lowest BCUT2D eigenvalue weighted by atomic mass is 9.79. The predicted molar refractivity (Wildman–Crippen MR) is 77.2 cm³/mol. The molecular formula is C16H23NO3. The van der Waals surface area contributed by atoms with Crippen LogP contribution in [0.25, 0.3) is 0 Å². The van der Waals surface area contributed by atoms with E-state index in [-0.39, 0.29) is 0 Å². The zero-order valence-electron chi connectivity index (χ0n) is 12.4. The number of methoxy groups -OCH3 is 2. The highest BCUT2D eigenvalue weighted by atomic mass is 16.5. The highest BCUT2D eigenvalue weighted by Gasteiger charge is 2.49. The molecule has 4 nitrogen and oxygen atoms in total. The highest BCUT2D eigenvalue weighted by Crippen LogP contribution is 2.49. The summed E-state index contributed by atoms with van der Waals surface area (Å²) in [5.41, 5.74) is -0.0361. The molecule has 20 heavy (non-hydrogen) atoms. The van der Waals surface area contributed by atoms with Crippen molar-refractivity contribution in [3.63, 3.8) is 0 Å². The summed E-state index contributed by atoms with van der Waals surface area (Å²) in [6, 6.07) is 6.60. The summed E-state index contributed by atoms with van der Waals surface area (Å²) in [5.74, 6) is 1.44. The average Bonchev–Trinajstić information content (AvgIpc) is 2.69. The van der Waals surface area contributed by atoms with Crippen LogP contribution in [0.5, 0.6) is 11.5 Å². The molecule has 110 valence electrons. The smallest absolute Gasteiger partial charge is 0.128 e. The predicted octanol–water partition coefficient (Wildman–Crippen LogP) is 2.15. The van der Waals surface area contributed by atoms with Gasteiger partial charge < -0.3 is 19.5 Å². The summed E-state index contributed by atoms with van der Waals surface area (Å²) in [4.78, 5) is 2.41. The van der Waals surface area contributed by atoms with Crippen molar-refractivity contribution in [1.29, 1.82) is 0 Å². The van der Waals surface area contributed by atoms with Crippen LogP contribution in [0.4, 0.5) is 0 Å². The number of piperidine rings is 1. The second kappa shape index (κ2) is 4.93. The van der Waals surface area contributed by atoms with Crippen LogP contribution in [0.3, 0.4) is 0 Å². The average molecular weight is 277 g/mol. The normalized spacial score (nSPS) is 33.2. The molecule has 3 rings (SSSR count). The first-order chi connectivity index (χ1) is 9.59. The van der Waals surface area contributed by atoms with Gasteiger partial charge in [0.15, 0.2) is 0 Å². The summed E-state index contributed by atoms with van der Waals surface area (Å²) in [6.45, 7) is 0. The zero-order chi connectivity index (χ0) is 14.3. The molecule has 2 atom stereocenters. The van der Waals surface area contributed by atoms with E-state index in [1.807, 2.05) is 18.2 Å². The lowest BCUT2D eigenvalue weighted by Gasteiger charge is -2.43. The summed E-state index contributed by atoms with van der Waals surface area (Å²) in [6.07, 6.45) is 3.83. The number of nitrogens with zero attached hydrogens (tertiary/aromatic N) is 1. The number of hydrogen-bond donors (Lipinski definition) is 1. The van der Waals surface area contributed by atoms with Crippen LogP contribution in [-0.2, 0) is 5.60 Å². The van der Waals surface area contributed by atoms with Crippen LogP contribution in [0.1, 0.15) is 31.2 Å². The number of rotatable bonds is 3. The minimum atomic E-state index is -0.851. The van der Waals surface area contributed by atoms with Gasteiger partial charge in [-0.25, -0.2) is 0 Å². The van der Waals surface area contributed by atoms with E-state index in [0.717, 1.165) is 29.9 Å². The highest BCUT2D eigenvalue weighted by molar-refractivity contribution is 5.49. The molecule has 0 radical (unpaired) electrons. The van der Waals surface area contributed by atoms with Gasteiger partial charge in [0, 0.05) is 12.1 Å². The third-order valence-electron chi connectivity index (χ3n) is 5.02. The molecule has 0 aromatic heterocycles. The molecule has 2 bridgehead atoms. The van der Waals surface area contributed by atoms with Gasteiger partial charge in [0.1, 0.15) is 11.5 Å². The van der Waals surface area contributed by atoms with Gasteiger partial charge >= 0.3 is 0 Å². The minimum absolute atomic E-state index is 0.452. The Bertz CT molecular complexity index is 466. The molecule has 2 fully saturated rings. The fourth-order valence-corrected chi connectivity index (χ4v) is 3.96. The maximum Gasteiger partial charge on any atom is 0.128 e. The number of hydrogen-bond acceptors (Lipinski definition) is 4. The van der Waals surface area contributed by atoms with Crippen molar-refractivity contribution in [2.24, 2.45) is 0 Å². The second-order valence-corrected chi connectivity index (χ2v) is 6.03. The Morgan fingerprint density at radius 3 is 2.05 bits per heavy atom. The number of aliphatic hydroxyl groups is 1. The molecule has 2 aliphatic rings. The maximum absolute atomic E-state index is 11.3. The molecule has 1 aromatic carbocycles. The van der Waals surface area contributed by atoms with Crippen LogP contribution < -0.4 is 9.47 Å². The van der Waals surface area contributed by atoms with E-state index in [4.69, 9.17) is 9.47 Å². The van der Waals surface area contributed by atoms with E-state index in [9.17, 15) is 5.11 Å². The minimum Gasteiger partial charge on any atom is -0.496 e. The van der Waals surface area contributed by atoms with Crippen LogP contribution in [0, 0.1) is 0 Å². The fraction of sp³-hybridized carbons (Fsp3) is 0.625. The van der Waals surface area contributed by atoms with Gasteiger partial charge in [-0.2, -0.15) is 0 Å². The summed E-state index contributed by atoms with van der Waals surface area (Å²) >= 11 is 0. The molecule has 2 heterocycles. The molecule has 1 N–H and O–H groups in total. The van der Waals surface area contributed by atoms with E-state index in [0.29, 0.717) is 12.1 Å². The first kappa shape index (κ1) is 13.7. The van der Waals surface area contributed by atoms with Gasteiger partial charge in [-0.15, -0.1) is 0 Å². The van der Waals surface area contributed by atoms with E-state index < -0.39 is 5.60 Å². The van der Waals surface area contributed by atoms with Crippen LogP contribution in [0.15, 0.2) is 18.2 Å². The molecule has 0 saturated carbocycles. The van der Waals surface area contributed by atoms with Crippen molar-refractivity contribution in [3.05, 3.63) is 23.8 Å². The molecule has 2 aliphatic heterocycles. The molecule has 2 saturated heterocycles. The standard InChI is InChI=1S/C16H23NO3/c1-17-11-7-8-12(17)10-16(18,9-11)15-13(19-2)5-4-6-14(15)20-3/h4-6,11-12,18H,7-10H2,1-3H3. The third-order valence-corrected chi connectivity index (χ3v) is 5.02. The number of benzene rings is 1. The lowest BCUT2D eigenvalue weighted by molar-refractivity contribution is -0.0519. The monoisotopic (exact) mass is 277 g/mol. The molecule has 4 heteroatoms. The van der Waals surface area contributed by atoms with Gasteiger partial charge in [-0.3, -0.25) is 0 Å². The SMILES string of the molecule is COc1cccc(OC)c1C1(O)CC2CCC(C1)N2C. The Morgan fingerprint density at radius 1 is 1.10 bits per heavy atom. The first-order valence-corrected chi connectivity index (χ1v) is 7.25. The second-order valence-electron chi connectivity index (χ2n) is 6.03. The Morgan fingerprint density at radius 2 is 1.60 bits per heavy atom. The zero-order valence-corrected chi connectivity index (χ0v) is 12.4. The summed E-state index contributed by atoms with van der Waals surface area (Å²) in [7, 11) is 5.46. The van der Waals surface area contributed by atoms with Gasteiger partial charge in [0.2, 0.25) is 0 Å². The molecule has 1 aromatic rings. The lowest BCUT2D eigenvalue weighted by Crippen LogP contribution is -2.47. The van der Waals surface area contributed by atoms with Crippen molar-refractivity contribution in [2.75, 3.05) is 21.3 Å². The molecule has 0 aliphatic carbocycles. The Balaban J connectivity index is 2.04. The largest absolute Gasteiger partial charge is 0.496 e. The van der Waals surface area contributed by atoms with Crippen molar-refractivity contribution >= 4 is 0 Å². The van der Waals surface area contributed by atoms with E-state index >= 15 is 0 Å². The van der Waals surface area contributed by atoms with Gasteiger partial charge in [-0.1, -0.05) is 6.07 Å². The first-order valence-electron chi connectivity index (χ1n) is 7.25. The maximum atomic E-state index is 11.3. The summed E-state index contributed by atoms with van der Waals surface area (Å²) in [5, 5.41) is 11.3. The van der Waals surface area contributed by atoms with E-state index in [2.05, 4.69) is 11.9 Å². The van der Waals surface area contributed by atoms with Crippen molar-refractivity contribution in [1.82, 2.24) is 4.90 Å². The Kier molecular flexibility index (Phi) is 3.38. The van der Waals surface area contributed by atoms with Crippen molar-refractivity contribution < 1.29 is 14.6 Å². The number of fused-ring (bicyclic) bond motifs is 2. The quantitative estimate of drug-likeness (QED) is 0.919. The van der Waals surface area contributed by atoms with Gasteiger partial charge in [0.05, 0.1) is 25.4 Å². The van der Waals surface area contributed by atoms with Crippen LogP contribution in [0.2, 0.25) is 0 Å². The van der Waals surface area contributed by atoms with Gasteiger partial charge in [-0.05, 0) is 44.9 Å². The molecule has 2 unspecified atom stereocenters.